The highest BCUT2D eigenvalue weighted by Gasteiger charge is 2.11. The van der Waals surface area contributed by atoms with Gasteiger partial charge in [-0.25, -0.2) is 0 Å². The third-order valence-corrected chi connectivity index (χ3v) is 3.87. The number of carbonyl (C=O) groups excluding carboxylic acids is 1. The van der Waals surface area contributed by atoms with Gasteiger partial charge in [-0.1, -0.05) is 24.3 Å². The van der Waals surface area contributed by atoms with Crippen LogP contribution < -0.4 is 10.1 Å². The number of nitrogens with zero attached hydrogens (tertiary/aromatic N) is 1. The lowest BCUT2D eigenvalue weighted by Gasteiger charge is -2.26. The van der Waals surface area contributed by atoms with Gasteiger partial charge in [-0.15, -0.1) is 0 Å². The molecule has 1 amide bonds. The Balaban J connectivity index is 1.70. The van der Waals surface area contributed by atoms with Crippen LogP contribution in [0.3, 0.4) is 0 Å². The van der Waals surface area contributed by atoms with Crippen molar-refractivity contribution in [2.75, 3.05) is 44.8 Å². The van der Waals surface area contributed by atoms with E-state index in [1.54, 1.807) is 0 Å². The molecular weight excluding hydrogens is 280 g/mol. The largest absolute Gasteiger partial charge is 0.492 e. The molecule has 1 fully saturated rings. The van der Waals surface area contributed by atoms with Crippen molar-refractivity contribution in [3.63, 3.8) is 0 Å². The van der Waals surface area contributed by atoms with Gasteiger partial charge >= 0.3 is 0 Å². The van der Waals surface area contributed by atoms with Crippen LogP contribution >= 0.6 is 0 Å². The average molecular weight is 300 g/mol. The maximum Gasteiger partial charge on any atom is 0.211 e. The van der Waals surface area contributed by atoms with Crippen molar-refractivity contribution in [1.29, 1.82) is 0 Å². The van der Waals surface area contributed by atoms with Gasteiger partial charge in [0.15, 0.2) is 0 Å². The summed E-state index contributed by atoms with van der Waals surface area (Å²) >= 11 is 0. The number of nitrogens with one attached hydrogen (secondary N) is 1. The molecule has 0 atom stereocenters. The van der Waals surface area contributed by atoms with Crippen molar-refractivity contribution in [3.8, 4) is 5.75 Å². The maximum absolute atomic E-state index is 10.7. The molecule has 22 heavy (non-hydrogen) atoms. The van der Waals surface area contributed by atoms with Crippen molar-refractivity contribution in [1.82, 2.24) is 4.90 Å². The van der Waals surface area contributed by atoms with E-state index in [1.807, 2.05) is 36.4 Å². The Hall–Kier alpha value is -2.11. The van der Waals surface area contributed by atoms with Crippen LogP contribution in [0, 0.1) is 0 Å². The summed E-state index contributed by atoms with van der Waals surface area (Å²) in [6.07, 6.45) is 0.695. The molecule has 2 aromatic rings. The van der Waals surface area contributed by atoms with Crippen LogP contribution in [0.1, 0.15) is 0 Å². The second-order valence-electron chi connectivity index (χ2n) is 5.22. The Morgan fingerprint density at radius 3 is 2.68 bits per heavy atom. The Kier molecular flexibility index (Phi) is 4.88. The number of carbonyl (C=O) groups is 1. The summed E-state index contributed by atoms with van der Waals surface area (Å²) in [5.74, 6) is 0.848. The predicted octanol–water partition coefficient (Wildman–Crippen LogP) is 2.12. The second kappa shape index (κ2) is 7.24. The van der Waals surface area contributed by atoms with Gasteiger partial charge < -0.3 is 14.8 Å². The fourth-order valence-electron chi connectivity index (χ4n) is 2.70. The normalized spacial score (nSPS) is 15.6. The van der Waals surface area contributed by atoms with Gasteiger partial charge in [-0.3, -0.25) is 9.69 Å². The minimum absolute atomic E-state index is 0.643. The summed E-state index contributed by atoms with van der Waals surface area (Å²) < 4.78 is 11.3. The Morgan fingerprint density at radius 2 is 1.91 bits per heavy atom. The van der Waals surface area contributed by atoms with Crippen LogP contribution in [0.2, 0.25) is 0 Å². The lowest BCUT2D eigenvalue weighted by atomic mass is 10.1. The molecule has 1 aliphatic rings. The number of amides is 1. The van der Waals surface area contributed by atoms with E-state index in [2.05, 4.69) is 10.2 Å². The summed E-state index contributed by atoms with van der Waals surface area (Å²) in [5, 5.41) is 4.72. The lowest BCUT2D eigenvalue weighted by molar-refractivity contribution is -0.105. The van der Waals surface area contributed by atoms with Crippen LogP contribution in [-0.2, 0) is 9.53 Å². The van der Waals surface area contributed by atoms with Crippen LogP contribution in [0.25, 0.3) is 10.8 Å². The molecule has 0 spiro atoms. The molecule has 1 N–H and O–H groups in total. The topological polar surface area (TPSA) is 50.8 Å². The first-order valence-corrected chi connectivity index (χ1v) is 7.53. The zero-order valence-electron chi connectivity index (χ0n) is 12.5. The van der Waals surface area contributed by atoms with Crippen molar-refractivity contribution < 1.29 is 14.3 Å². The van der Waals surface area contributed by atoms with Crippen LogP contribution in [-0.4, -0.2) is 50.8 Å². The number of rotatable bonds is 6. The molecule has 0 saturated carbocycles. The molecule has 116 valence electrons. The molecule has 1 aliphatic heterocycles. The summed E-state index contributed by atoms with van der Waals surface area (Å²) in [6.45, 7) is 5.07. The van der Waals surface area contributed by atoms with E-state index < -0.39 is 0 Å². The average Bonchev–Trinajstić information content (AvgIpc) is 2.58. The highest BCUT2D eigenvalue weighted by Crippen LogP contribution is 2.31. The first kappa shape index (κ1) is 14.8. The van der Waals surface area contributed by atoms with Crippen LogP contribution in [0.15, 0.2) is 36.4 Å². The van der Waals surface area contributed by atoms with Gasteiger partial charge in [0.2, 0.25) is 6.41 Å². The third-order valence-electron chi connectivity index (χ3n) is 3.87. The summed E-state index contributed by atoms with van der Waals surface area (Å²) in [7, 11) is 0. The number of anilines is 1. The molecule has 0 radical (unpaired) electrons. The smallest absolute Gasteiger partial charge is 0.211 e. The van der Waals surface area contributed by atoms with Gasteiger partial charge in [0.05, 0.1) is 13.2 Å². The maximum atomic E-state index is 10.7. The van der Waals surface area contributed by atoms with Crippen molar-refractivity contribution in [2.24, 2.45) is 0 Å². The summed E-state index contributed by atoms with van der Waals surface area (Å²) in [5.41, 5.74) is 0.797. The van der Waals surface area contributed by atoms with E-state index in [1.165, 1.54) is 0 Å². The molecule has 0 aromatic heterocycles. The zero-order valence-corrected chi connectivity index (χ0v) is 12.5. The molecule has 5 heteroatoms. The quantitative estimate of drug-likeness (QED) is 0.830. The summed E-state index contributed by atoms with van der Waals surface area (Å²) in [6, 6.07) is 11.7. The zero-order chi connectivity index (χ0) is 15.2. The summed E-state index contributed by atoms with van der Waals surface area (Å²) in [4.78, 5) is 13.0. The first-order chi connectivity index (χ1) is 10.9. The number of hydrogen-bond acceptors (Lipinski definition) is 4. The highest BCUT2D eigenvalue weighted by atomic mass is 16.5. The van der Waals surface area contributed by atoms with Crippen molar-refractivity contribution in [3.05, 3.63) is 36.4 Å². The van der Waals surface area contributed by atoms with E-state index >= 15 is 0 Å². The molecule has 1 saturated heterocycles. The first-order valence-electron chi connectivity index (χ1n) is 7.53. The van der Waals surface area contributed by atoms with E-state index in [9.17, 15) is 4.79 Å². The number of hydrogen-bond donors (Lipinski definition) is 1. The minimum Gasteiger partial charge on any atom is -0.492 e. The molecule has 2 aromatic carbocycles. The van der Waals surface area contributed by atoms with E-state index in [0.717, 1.165) is 55.1 Å². The fraction of sp³-hybridized carbons (Fsp3) is 0.353. The standard InChI is InChI=1S/C17H20N2O3/c20-13-18-16-5-6-17(15-4-2-1-3-14(15)16)22-12-9-19-7-10-21-11-8-19/h1-6,13H,7-12H2,(H,18,20). The van der Waals surface area contributed by atoms with E-state index in [0.29, 0.717) is 13.0 Å². The van der Waals surface area contributed by atoms with Gasteiger partial charge in [-0.05, 0) is 12.1 Å². The van der Waals surface area contributed by atoms with Crippen LogP contribution in [0.5, 0.6) is 5.75 Å². The molecule has 0 aliphatic carbocycles. The molecule has 1 heterocycles. The Bertz CT molecular complexity index is 639. The predicted molar refractivity (Wildman–Crippen MR) is 86.4 cm³/mol. The second-order valence-corrected chi connectivity index (χ2v) is 5.22. The van der Waals surface area contributed by atoms with Crippen LogP contribution in [0.4, 0.5) is 5.69 Å². The monoisotopic (exact) mass is 300 g/mol. The number of fused-ring (bicyclic) bond motifs is 1. The van der Waals surface area contributed by atoms with Crippen molar-refractivity contribution >= 4 is 22.9 Å². The Labute approximate surface area is 129 Å². The number of morpholine rings is 1. The highest BCUT2D eigenvalue weighted by molar-refractivity contribution is 6.00. The van der Waals surface area contributed by atoms with Crippen molar-refractivity contribution in [2.45, 2.75) is 0 Å². The van der Waals surface area contributed by atoms with Gasteiger partial charge in [0.1, 0.15) is 12.4 Å². The Morgan fingerprint density at radius 1 is 1.14 bits per heavy atom. The van der Waals surface area contributed by atoms with Gasteiger partial charge in [-0.2, -0.15) is 0 Å². The molecular formula is C17H20N2O3. The molecule has 3 rings (SSSR count). The molecule has 0 bridgehead atoms. The molecule has 5 nitrogen and oxygen atoms in total. The lowest BCUT2D eigenvalue weighted by Crippen LogP contribution is -2.38. The van der Waals surface area contributed by atoms with E-state index in [4.69, 9.17) is 9.47 Å². The van der Waals surface area contributed by atoms with E-state index in [-0.39, 0.29) is 0 Å². The third kappa shape index (κ3) is 3.37. The number of ether oxygens (including phenoxy) is 2. The van der Waals surface area contributed by atoms with Gasteiger partial charge in [0, 0.05) is 36.1 Å². The SMILES string of the molecule is O=CNc1ccc(OCCN2CCOCC2)c2ccccc12. The molecule has 0 unspecified atom stereocenters. The number of benzene rings is 2. The van der Waals surface area contributed by atoms with Gasteiger partial charge in [0.25, 0.3) is 0 Å². The fourth-order valence-corrected chi connectivity index (χ4v) is 2.70. The minimum atomic E-state index is 0.643.